The number of para-hydroxylation sites is 1. The van der Waals surface area contributed by atoms with Crippen molar-refractivity contribution in [2.75, 3.05) is 13.1 Å². The van der Waals surface area contributed by atoms with Gasteiger partial charge < -0.3 is 10.6 Å². The minimum absolute atomic E-state index is 0. The first-order chi connectivity index (χ1) is 11.1. The number of nitrogens with zero attached hydrogens (tertiary/aromatic N) is 4. The monoisotopic (exact) mass is 369 g/mol. The summed E-state index contributed by atoms with van der Waals surface area (Å²) < 4.78 is 1.66. The van der Waals surface area contributed by atoms with Crippen LogP contribution in [0.3, 0.4) is 0 Å². The molecular formula is C16H21Cl2N5O. The highest BCUT2D eigenvalue weighted by atomic mass is 35.5. The molecule has 1 aliphatic heterocycles. The second kappa shape index (κ2) is 7.96. The Hall–Kier alpha value is -1.63. The summed E-state index contributed by atoms with van der Waals surface area (Å²) in [6.07, 6.45) is 2.30. The van der Waals surface area contributed by atoms with Gasteiger partial charge in [-0.05, 0) is 25.0 Å². The van der Waals surface area contributed by atoms with E-state index in [4.69, 9.17) is 17.3 Å². The molecule has 0 atom stereocenters. The predicted octanol–water partition coefficient (Wildman–Crippen LogP) is 2.47. The predicted molar refractivity (Wildman–Crippen MR) is 96.1 cm³/mol. The molecule has 0 spiro atoms. The minimum Gasteiger partial charge on any atom is -0.336 e. The van der Waals surface area contributed by atoms with Gasteiger partial charge in [-0.2, -0.15) is 0 Å². The average molecular weight is 370 g/mol. The minimum atomic E-state index is -0.141. The quantitative estimate of drug-likeness (QED) is 0.901. The number of carbonyl (C=O) groups is 1. The lowest BCUT2D eigenvalue weighted by molar-refractivity contribution is 0.0702. The molecule has 0 bridgehead atoms. The lowest BCUT2D eigenvalue weighted by Gasteiger charge is -2.29. The smallest absolute Gasteiger partial charge is 0.293 e. The van der Waals surface area contributed by atoms with Crippen LogP contribution in [0.4, 0.5) is 0 Å². The van der Waals surface area contributed by atoms with Crippen molar-refractivity contribution in [3.05, 3.63) is 40.9 Å². The van der Waals surface area contributed by atoms with Crippen molar-refractivity contribution >= 4 is 29.9 Å². The standard InChI is InChI=1S/C16H20ClN5O.ClH/c1-2-14-19-15(16(23)21-9-7-11(18)8-10-21)20-22(14)13-6-4-3-5-12(13)17;/h3-6,11H,2,7-10,18H2,1H3;1H. The van der Waals surface area contributed by atoms with E-state index in [9.17, 15) is 4.79 Å². The molecule has 0 unspecified atom stereocenters. The molecule has 0 saturated carbocycles. The molecule has 8 heteroatoms. The summed E-state index contributed by atoms with van der Waals surface area (Å²) in [4.78, 5) is 18.8. The third kappa shape index (κ3) is 3.71. The number of carbonyl (C=O) groups excluding carboxylic acids is 1. The summed E-state index contributed by atoms with van der Waals surface area (Å²) >= 11 is 6.24. The van der Waals surface area contributed by atoms with Crippen LogP contribution in [0.15, 0.2) is 24.3 Å². The zero-order valence-corrected chi connectivity index (χ0v) is 15.1. The third-order valence-electron chi connectivity index (χ3n) is 4.09. The summed E-state index contributed by atoms with van der Waals surface area (Å²) in [6.45, 7) is 3.29. The fraction of sp³-hybridized carbons (Fsp3) is 0.438. The van der Waals surface area contributed by atoms with Gasteiger partial charge in [0.05, 0.1) is 10.7 Å². The van der Waals surface area contributed by atoms with Gasteiger partial charge in [0.1, 0.15) is 5.82 Å². The van der Waals surface area contributed by atoms with E-state index in [1.54, 1.807) is 15.6 Å². The number of hydrogen-bond donors (Lipinski definition) is 1. The number of rotatable bonds is 3. The van der Waals surface area contributed by atoms with Crippen LogP contribution in [0.2, 0.25) is 5.02 Å². The second-order valence-electron chi connectivity index (χ2n) is 5.70. The van der Waals surface area contributed by atoms with Gasteiger partial charge in [0.2, 0.25) is 5.82 Å². The molecule has 1 aromatic carbocycles. The molecular weight excluding hydrogens is 349 g/mol. The molecule has 0 radical (unpaired) electrons. The Morgan fingerprint density at radius 2 is 2.00 bits per heavy atom. The van der Waals surface area contributed by atoms with Gasteiger partial charge in [-0.15, -0.1) is 17.5 Å². The Morgan fingerprint density at radius 3 is 2.62 bits per heavy atom. The molecule has 6 nitrogen and oxygen atoms in total. The van der Waals surface area contributed by atoms with Gasteiger partial charge in [0.25, 0.3) is 5.91 Å². The van der Waals surface area contributed by atoms with Gasteiger partial charge in [0, 0.05) is 25.6 Å². The van der Waals surface area contributed by atoms with E-state index in [0.29, 0.717) is 24.5 Å². The third-order valence-corrected chi connectivity index (χ3v) is 4.41. The fourth-order valence-electron chi connectivity index (χ4n) is 2.72. The highest BCUT2D eigenvalue weighted by Gasteiger charge is 2.26. The normalized spacial score (nSPS) is 15.2. The summed E-state index contributed by atoms with van der Waals surface area (Å²) in [5, 5.41) is 4.98. The first-order valence-corrected chi connectivity index (χ1v) is 8.23. The molecule has 130 valence electrons. The van der Waals surface area contributed by atoms with Gasteiger partial charge in [0.15, 0.2) is 0 Å². The van der Waals surface area contributed by atoms with Crippen molar-refractivity contribution in [1.29, 1.82) is 0 Å². The first kappa shape index (κ1) is 18.7. The zero-order valence-electron chi connectivity index (χ0n) is 13.5. The van der Waals surface area contributed by atoms with Crippen LogP contribution >= 0.6 is 24.0 Å². The van der Waals surface area contributed by atoms with Crippen LogP contribution in [-0.4, -0.2) is 44.7 Å². The largest absolute Gasteiger partial charge is 0.336 e. The Labute approximate surface area is 152 Å². The number of hydrogen-bond acceptors (Lipinski definition) is 4. The van der Waals surface area contributed by atoms with Crippen LogP contribution in [0.1, 0.15) is 36.2 Å². The van der Waals surface area contributed by atoms with E-state index in [0.717, 1.165) is 24.4 Å². The molecule has 3 rings (SSSR count). The second-order valence-corrected chi connectivity index (χ2v) is 6.11. The number of halogens is 2. The number of aryl methyl sites for hydroxylation is 1. The van der Waals surface area contributed by atoms with Crippen molar-refractivity contribution in [2.24, 2.45) is 5.73 Å². The average Bonchev–Trinajstić information content (AvgIpc) is 2.99. The molecule has 1 aromatic heterocycles. The topological polar surface area (TPSA) is 77.0 Å². The van der Waals surface area contributed by atoms with Crippen molar-refractivity contribution in [3.63, 3.8) is 0 Å². The summed E-state index contributed by atoms with van der Waals surface area (Å²) in [7, 11) is 0. The molecule has 2 aromatic rings. The van der Waals surface area contributed by atoms with Crippen LogP contribution in [0.5, 0.6) is 0 Å². The highest BCUT2D eigenvalue weighted by Crippen LogP contribution is 2.21. The lowest BCUT2D eigenvalue weighted by atomic mass is 10.1. The number of amides is 1. The Kier molecular flexibility index (Phi) is 6.21. The Balaban J connectivity index is 0.00000208. The van der Waals surface area contributed by atoms with E-state index in [-0.39, 0.29) is 30.2 Å². The molecule has 0 aliphatic carbocycles. The van der Waals surface area contributed by atoms with E-state index < -0.39 is 0 Å². The van der Waals surface area contributed by atoms with Crippen LogP contribution < -0.4 is 5.73 Å². The Morgan fingerprint density at radius 1 is 1.33 bits per heavy atom. The van der Waals surface area contributed by atoms with E-state index in [1.165, 1.54) is 0 Å². The Bertz CT molecular complexity index is 710. The van der Waals surface area contributed by atoms with Crippen molar-refractivity contribution in [1.82, 2.24) is 19.7 Å². The van der Waals surface area contributed by atoms with Crippen molar-refractivity contribution in [2.45, 2.75) is 32.2 Å². The summed E-state index contributed by atoms with van der Waals surface area (Å²) in [5.74, 6) is 0.796. The van der Waals surface area contributed by atoms with E-state index in [1.807, 2.05) is 25.1 Å². The lowest BCUT2D eigenvalue weighted by Crippen LogP contribution is -2.43. The molecule has 1 aliphatic rings. The van der Waals surface area contributed by atoms with Crippen LogP contribution in [0.25, 0.3) is 5.69 Å². The maximum absolute atomic E-state index is 12.6. The van der Waals surface area contributed by atoms with Gasteiger partial charge in [-0.25, -0.2) is 9.67 Å². The van der Waals surface area contributed by atoms with Crippen LogP contribution in [0, 0.1) is 0 Å². The summed E-state index contributed by atoms with van der Waals surface area (Å²) in [5.41, 5.74) is 6.62. The molecule has 2 N–H and O–H groups in total. The molecule has 1 saturated heterocycles. The van der Waals surface area contributed by atoms with Gasteiger partial charge >= 0.3 is 0 Å². The molecule has 24 heavy (non-hydrogen) atoms. The number of benzene rings is 1. The van der Waals surface area contributed by atoms with Gasteiger partial charge in [-0.1, -0.05) is 30.7 Å². The first-order valence-electron chi connectivity index (χ1n) is 7.86. The number of likely N-dealkylation sites (tertiary alicyclic amines) is 1. The number of piperidine rings is 1. The van der Waals surface area contributed by atoms with Crippen LogP contribution in [-0.2, 0) is 6.42 Å². The van der Waals surface area contributed by atoms with E-state index in [2.05, 4.69) is 10.1 Å². The zero-order chi connectivity index (χ0) is 16.4. The SMILES string of the molecule is CCc1nc(C(=O)N2CCC(N)CC2)nn1-c1ccccc1Cl.Cl. The number of nitrogens with two attached hydrogens (primary N) is 1. The maximum atomic E-state index is 12.6. The molecule has 2 heterocycles. The fourth-order valence-corrected chi connectivity index (χ4v) is 2.94. The van der Waals surface area contributed by atoms with Crippen molar-refractivity contribution in [3.8, 4) is 5.69 Å². The highest BCUT2D eigenvalue weighted by molar-refractivity contribution is 6.32. The maximum Gasteiger partial charge on any atom is 0.293 e. The van der Waals surface area contributed by atoms with Crippen molar-refractivity contribution < 1.29 is 4.79 Å². The van der Waals surface area contributed by atoms with E-state index >= 15 is 0 Å². The molecule has 1 fully saturated rings. The summed E-state index contributed by atoms with van der Waals surface area (Å²) in [6, 6.07) is 7.59. The molecule has 1 amide bonds. The van der Waals surface area contributed by atoms with Gasteiger partial charge in [-0.3, -0.25) is 4.79 Å². The number of aromatic nitrogens is 3.